The van der Waals surface area contributed by atoms with Crippen LogP contribution in [0.3, 0.4) is 0 Å². The predicted molar refractivity (Wildman–Crippen MR) is 129 cm³/mol. The molecule has 1 fully saturated rings. The molecule has 0 bridgehead atoms. The lowest BCUT2D eigenvalue weighted by Gasteiger charge is -2.35. The SMILES string of the molecule is CCNC(=NCc1ccc(N2CCN(CC)CC2)c(F)c1)NCc1nc(C(C)C)cs1. The Morgan fingerprint density at radius 2 is 1.97 bits per heavy atom. The topological polar surface area (TPSA) is 55.8 Å². The number of piperazine rings is 1. The Morgan fingerprint density at radius 3 is 2.58 bits per heavy atom. The van der Waals surface area contributed by atoms with Crippen molar-refractivity contribution >= 4 is 23.0 Å². The molecule has 2 aromatic rings. The number of hydrogen-bond donors (Lipinski definition) is 2. The summed E-state index contributed by atoms with van der Waals surface area (Å²) in [4.78, 5) is 13.8. The Balaban J connectivity index is 1.59. The Bertz CT molecular complexity index is 858. The van der Waals surface area contributed by atoms with E-state index in [-0.39, 0.29) is 5.82 Å². The van der Waals surface area contributed by atoms with Gasteiger partial charge in [0.05, 0.1) is 24.5 Å². The number of anilines is 1. The maximum Gasteiger partial charge on any atom is 0.191 e. The van der Waals surface area contributed by atoms with Crippen LogP contribution in [-0.2, 0) is 13.1 Å². The van der Waals surface area contributed by atoms with E-state index in [9.17, 15) is 4.39 Å². The standard InChI is InChI=1S/C23H35FN6S/c1-5-25-23(27-15-22-28-20(16-31-22)17(3)4)26-14-18-7-8-21(19(24)13-18)30-11-9-29(6-2)10-12-30/h7-8,13,16-17H,5-6,9-12,14-15H2,1-4H3,(H2,25,26,27). The van der Waals surface area contributed by atoms with Gasteiger partial charge in [-0.15, -0.1) is 11.3 Å². The fourth-order valence-electron chi connectivity index (χ4n) is 3.55. The van der Waals surface area contributed by atoms with Crippen molar-refractivity contribution in [3.05, 3.63) is 45.7 Å². The highest BCUT2D eigenvalue weighted by atomic mass is 32.1. The van der Waals surface area contributed by atoms with Gasteiger partial charge in [-0.3, -0.25) is 0 Å². The van der Waals surface area contributed by atoms with Crippen LogP contribution >= 0.6 is 11.3 Å². The monoisotopic (exact) mass is 446 g/mol. The van der Waals surface area contributed by atoms with Gasteiger partial charge in [0.1, 0.15) is 10.8 Å². The van der Waals surface area contributed by atoms with Gasteiger partial charge in [0.15, 0.2) is 5.96 Å². The molecule has 0 amide bonds. The molecule has 1 saturated heterocycles. The van der Waals surface area contributed by atoms with E-state index in [0.717, 1.165) is 55.5 Å². The normalized spacial score (nSPS) is 15.5. The summed E-state index contributed by atoms with van der Waals surface area (Å²) in [5, 5.41) is 9.72. The van der Waals surface area contributed by atoms with Gasteiger partial charge >= 0.3 is 0 Å². The van der Waals surface area contributed by atoms with Gasteiger partial charge in [0.2, 0.25) is 0 Å². The first-order valence-electron chi connectivity index (χ1n) is 11.2. The number of likely N-dealkylation sites (N-methyl/N-ethyl adjacent to an activating group) is 1. The van der Waals surface area contributed by atoms with E-state index >= 15 is 0 Å². The summed E-state index contributed by atoms with van der Waals surface area (Å²) in [6.45, 7) is 15.1. The number of benzene rings is 1. The minimum atomic E-state index is -0.167. The molecule has 3 rings (SSSR count). The predicted octanol–water partition coefficient (Wildman–Crippen LogP) is 3.80. The van der Waals surface area contributed by atoms with Gasteiger partial charge in [0.25, 0.3) is 0 Å². The third-order valence-electron chi connectivity index (χ3n) is 5.50. The first kappa shape index (κ1) is 23.5. The van der Waals surface area contributed by atoms with Crippen LogP contribution in [0, 0.1) is 5.82 Å². The molecule has 0 radical (unpaired) electrons. The van der Waals surface area contributed by atoms with E-state index in [0.29, 0.717) is 30.7 Å². The number of halogens is 1. The van der Waals surface area contributed by atoms with E-state index in [1.807, 2.05) is 19.1 Å². The Labute approximate surface area is 189 Å². The summed E-state index contributed by atoms with van der Waals surface area (Å²) < 4.78 is 14.8. The van der Waals surface area contributed by atoms with Gasteiger partial charge in [-0.1, -0.05) is 26.8 Å². The molecule has 0 spiro atoms. The van der Waals surface area contributed by atoms with Crippen LogP contribution < -0.4 is 15.5 Å². The number of aliphatic imine (C=N–C) groups is 1. The molecule has 0 aliphatic carbocycles. The third-order valence-corrected chi connectivity index (χ3v) is 6.37. The van der Waals surface area contributed by atoms with Crippen molar-refractivity contribution in [2.24, 2.45) is 4.99 Å². The first-order valence-corrected chi connectivity index (χ1v) is 12.1. The molecule has 8 heteroatoms. The van der Waals surface area contributed by atoms with Gasteiger partial charge in [-0.25, -0.2) is 14.4 Å². The number of nitrogens with one attached hydrogen (secondary N) is 2. The molecule has 0 atom stereocenters. The summed E-state index contributed by atoms with van der Waals surface area (Å²) in [6, 6.07) is 5.49. The fraction of sp³-hybridized carbons (Fsp3) is 0.565. The van der Waals surface area contributed by atoms with E-state index in [2.05, 4.69) is 56.6 Å². The third kappa shape index (κ3) is 6.64. The molecule has 170 valence electrons. The van der Waals surface area contributed by atoms with Crippen molar-refractivity contribution in [1.82, 2.24) is 20.5 Å². The number of hydrogen-bond acceptors (Lipinski definition) is 5. The highest BCUT2D eigenvalue weighted by Gasteiger charge is 2.18. The van der Waals surface area contributed by atoms with Crippen LogP contribution in [0.1, 0.15) is 49.9 Å². The van der Waals surface area contributed by atoms with Gasteiger partial charge < -0.3 is 20.4 Å². The fourth-order valence-corrected chi connectivity index (χ4v) is 4.45. The summed E-state index contributed by atoms with van der Waals surface area (Å²) >= 11 is 1.66. The van der Waals surface area contributed by atoms with Crippen molar-refractivity contribution in [3.8, 4) is 0 Å². The first-order chi connectivity index (χ1) is 15.0. The van der Waals surface area contributed by atoms with Crippen molar-refractivity contribution < 1.29 is 4.39 Å². The van der Waals surface area contributed by atoms with Crippen LogP contribution in [-0.4, -0.2) is 55.1 Å². The number of thiazole rings is 1. The van der Waals surface area contributed by atoms with Crippen LogP contribution in [0.25, 0.3) is 0 Å². The second-order valence-electron chi connectivity index (χ2n) is 8.08. The lowest BCUT2D eigenvalue weighted by atomic mass is 10.1. The minimum absolute atomic E-state index is 0.167. The summed E-state index contributed by atoms with van der Waals surface area (Å²) in [5.41, 5.74) is 2.68. The largest absolute Gasteiger partial charge is 0.367 e. The van der Waals surface area contributed by atoms with Crippen molar-refractivity contribution in [3.63, 3.8) is 0 Å². The van der Waals surface area contributed by atoms with Crippen LogP contribution in [0.15, 0.2) is 28.6 Å². The van der Waals surface area contributed by atoms with Crippen molar-refractivity contribution in [2.45, 2.75) is 46.7 Å². The molecule has 6 nitrogen and oxygen atoms in total. The zero-order chi connectivity index (χ0) is 22.2. The Morgan fingerprint density at radius 1 is 1.19 bits per heavy atom. The molecule has 1 aromatic carbocycles. The van der Waals surface area contributed by atoms with E-state index in [4.69, 9.17) is 0 Å². The van der Waals surface area contributed by atoms with E-state index in [1.165, 1.54) is 0 Å². The number of nitrogens with zero attached hydrogens (tertiary/aromatic N) is 4. The van der Waals surface area contributed by atoms with Gasteiger partial charge in [-0.05, 0) is 37.1 Å². The molecule has 1 aromatic heterocycles. The maximum atomic E-state index is 14.8. The van der Waals surface area contributed by atoms with Gasteiger partial charge in [0, 0.05) is 38.1 Å². The Hall–Kier alpha value is -2.19. The second kappa shape index (κ2) is 11.4. The molecule has 1 aliphatic rings. The molecule has 2 heterocycles. The average molecular weight is 447 g/mol. The number of rotatable bonds is 8. The van der Waals surface area contributed by atoms with Crippen LogP contribution in [0.5, 0.6) is 0 Å². The lowest BCUT2D eigenvalue weighted by molar-refractivity contribution is 0.270. The molecule has 1 aliphatic heterocycles. The average Bonchev–Trinajstić information content (AvgIpc) is 3.25. The molecule has 2 N–H and O–H groups in total. The zero-order valence-corrected chi connectivity index (χ0v) is 19.9. The Kier molecular flexibility index (Phi) is 8.66. The molecular weight excluding hydrogens is 411 g/mol. The number of guanidine groups is 1. The maximum absolute atomic E-state index is 14.8. The highest BCUT2D eigenvalue weighted by molar-refractivity contribution is 7.09. The summed E-state index contributed by atoms with van der Waals surface area (Å²) in [7, 11) is 0. The summed E-state index contributed by atoms with van der Waals surface area (Å²) in [5.74, 6) is 0.976. The molecule has 0 saturated carbocycles. The van der Waals surface area contributed by atoms with E-state index < -0.39 is 0 Å². The quantitative estimate of drug-likeness (QED) is 0.477. The zero-order valence-electron chi connectivity index (χ0n) is 19.1. The summed E-state index contributed by atoms with van der Waals surface area (Å²) in [6.07, 6.45) is 0. The molecule has 0 unspecified atom stereocenters. The minimum Gasteiger partial charge on any atom is -0.367 e. The van der Waals surface area contributed by atoms with E-state index in [1.54, 1.807) is 17.4 Å². The highest BCUT2D eigenvalue weighted by Crippen LogP contribution is 2.22. The van der Waals surface area contributed by atoms with Crippen LogP contribution in [0.2, 0.25) is 0 Å². The lowest BCUT2D eigenvalue weighted by Crippen LogP contribution is -2.46. The molecular formula is C23H35FN6S. The van der Waals surface area contributed by atoms with Crippen molar-refractivity contribution in [2.75, 3.05) is 44.2 Å². The second-order valence-corrected chi connectivity index (χ2v) is 9.02. The smallest absolute Gasteiger partial charge is 0.191 e. The molecule has 31 heavy (non-hydrogen) atoms. The van der Waals surface area contributed by atoms with Crippen LogP contribution in [0.4, 0.5) is 10.1 Å². The van der Waals surface area contributed by atoms with Gasteiger partial charge in [-0.2, -0.15) is 0 Å². The van der Waals surface area contributed by atoms with Crippen molar-refractivity contribution in [1.29, 1.82) is 0 Å². The number of aromatic nitrogens is 1.